The smallest absolute Gasteiger partial charge is 0.243 e. The molecular weight excluding hydrogens is 296 g/mol. The Bertz CT molecular complexity index is 511. The van der Waals surface area contributed by atoms with Crippen molar-refractivity contribution < 1.29 is 9.59 Å². The maximum Gasteiger partial charge on any atom is 0.243 e. The average molecular weight is 322 g/mol. The molecule has 4 nitrogen and oxygen atoms in total. The van der Waals surface area contributed by atoms with Crippen molar-refractivity contribution in [3.05, 3.63) is 0 Å². The summed E-state index contributed by atoms with van der Waals surface area (Å²) in [6, 6.07) is -0.0107. The number of fused-ring (bicyclic) bond motifs is 3. The van der Waals surface area contributed by atoms with Gasteiger partial charge in [0.05, 0.1) is 4.87 Å². The predicted molar refractivity (Wildman–Crippen MR) is 87.3 cm³/mol. The van der Waals surface area contributed by atoms with Crippen molar-refractivity contribution in [1.82, 2.24) is 10.2 Å². The second kappa shape index (κ2) is 5.15. The van der Waals surface area contributed by atoms with Gasteiger partial charge in [0, 0.05) is 18.2 Å². The van der Waals surface area contributed by atoms with Gasteiger partial charge in [0.1, 0.15) is 6.04 Å². The van der Waals surface area contributed by atoms with Gasteiger partial charge in [-0.2, -0.15) is 0 Å². The molecule has 2 aliphatic carbocycles. The minimum Gasteiger partial charge on any atom is -0.352 e. The molecule has 122 valence electrons. The minimum absolute atomic E-state index is 0.0711. The first-order chi connectivity index (χ1) is 10.5. The molecular formula is C17H26N2O2S. The fraction of sp³-hybridized carbons (Fsp3) is 0.882. The van der Waals surface area contributed by atoms with E-state index in [1.54, 1.807) is 11.8 Å². The predicted octanol–water partition coefficient (Wildman–Crippen LogP) is 2.38. The highest BCUT2D eigenvalue weighted by Crippen LogP contribution is 2.50. The van der Waals surface area contributed by atoms with Crippen molar-refractivity contribution in [1.29, 1.82) is 0 Å². The first-order valence-corrected chi connectivity index (χ1v) is 9.73. The van der Waals surface area contributed by atoms with Gasteiger partial charge in [0.2, 0.25) is 11.8 Å². The Morgan fingerprint density at radius 1 is 1.41 bits per heavy atom. The van der Waals surface area contributed by atoms with Crippen LogP contribution in [0, 0.1) is 17.8 Å². The Morgan fingerprint density at radius 2 is 2.23 bits per heavy atom. The lowest BCUT2D eigenvalue weighted by molar-refractivity contribution is -0.138. The van der Waals surface area contributed by atoms with Gasteiger partial charge < -0.3 is 10.2 Å². The van der Waals surface area contributed by atoms with Gasteiger partial charge in [0.15, 0.2) is 0 Å². The summed E-state index contributed by atoms with van der Waals surface area (Å²) in [7, 11) is 0. The summed E-state index contributed by atoms with van der Waals surface area (Å²) < 4.78 is 0. The molecule has 2 amide bonds. The molecule has 4 aliphatic rings. The van der Waals surface area contributed by atoms with Crippen LogP contribution in [0.15, 0.2) is 0 Å². The van der Waals surface area contributed by atoms with Crippen LogP contribution >= 0.6 is 11.8 Å². The topological polar surface area (TPSA) is 49.4 Å². The van der Waals surface area contributed by atoms with E-state index in [-0.39, 0.29) is 28.8 Å². The summed E-state index contributed by atoms with van der Waals surface area (Å²) in [5.74, 6) is 3.34. The maximum absolute atomic E-state index is 12.7. The molecule has 0 aromatic rings. The number of rotatable bonds is 3. The number of thioether (sulfide) groups is 1. The summed E-state index contributed by atoms with van der Waals surface area (Å²) in [6.07, 6.45) is 6.86. The molecule has 4 fully saturated rings. The van der Waals surface area contributed by atoms with E-state index in [9.17, 15) is 9.59 Å². The first kappa shape index (κ1) is 14.9. The highest BCUT2D eigenvalue weighted by Gasteiger charge is 2.53. The van der Waals surface area contributed by atoms with Gasteiger partial charge in [-0.3, -0.25) is 9.59 Å². The normalized spacial score (nSPS) is 44.5. The molecule has 2 aliphatic heterocycles. The van der Waals surface area contributed by atoms with Crippen LogP contribution in [0.2, 0.25) is 0 Å². The molecule has 0 unspecified atom stereocenters. The SMILES string of the molecule is C[C@H](NC(=O)[C@@H]1CS[C@@]2(C)CCC(=O)N12)[C@@H]1C[C@@H]2CC[C@@H]1C2. The molecule has 6 atom stereocenters. The molecule has 0 radical (unpaired) electrons. The number of amides is 2. The maximum atomic E-state index is 12.7. The largest absolute Gasteiger partial charge is 0.352 e. The summed E-state index contributed by atoms with van der Waals surface area (Å²) >= 11 is 1.77. The van der Waals surface area contributed by atoms with Crippen LogP contribution in [0.1, 0.15) is 52.4 Å². The molecule has 2 saturated carbocycles. The van der Waals surface area contributed by atoms with E-state index in [2.05, 4.69) is 19.2 Å². The minimum atomic E-state index is -0.258. The third-order valence-electron chi connectivity index (χ3n) is 6.55. The van der Waals surface area contributed by atoms with Crippen LogP contribution < -0.4 is 5.32 Å². The highest BCUT2D eigenvalue weighted by atomic mass is 32.2. The van der Waals surface area contributed by atoms with Crippen LogP contribution in [0.3, 0.4) is 0 Å². The van der Waals surface area contributed by atoms with Gasteiger partial charge in [-0.25, -0.2) is 0 Å². The Hall–Kier alpha value is -0.710. The lowest BCUT2D eigenvalue weighted by Crippen LogP contribution is -2.53. The van der Waals surface area contributed by atoms with E-state index < -0.39 is 0 Å². The number of nitrogens with zero attached hydrogens (tertiary/aromatic N) is 1. The third-order valence-corrected chi connectivity index (χ3v) is 8.06. The van der Waals surface area contributed by atoms with Crippen LogP contribution in [0.4, 0.5) is 0 Å². The lowest BCUT2D eigenvalue weighted by Gasteiger charge is -2.32. The molecule has 5 heteroatoms. The number of hydrogen-bond acceptors (Lipinski definition) is 3. The molecule has 2 heterocycles. The standard InChI is InChI=1S/C17H26N2O2S/c1-10(13-8-11-3-4-12(13)7-11)18-16(21)14-9-22-17(2)6-5-15(20)19(14)17/h10-14H,3-9H2,1-2H3,(H,18,21)/t10-,11+,12+,13-,14-,17-/m0/s1. The molecule has 0 aromatic heterocycles. The Balaban J connectivity index is 1.41. The fourth-order valence-corrected chi connectivity index (χ4v) is 6.78. The fourth-order valence-electron chi connectivity index (χ4n) is 5.35. The highest BCUT2D eigenvalue weighted by molar-refractivity contribution is 8.01. The molecule has 0 spiro atoms. The second-order valence-electron chi connectivity index (χ2n) is 7.90. The molecule has 0 aromatic carbocycles. The summed E-state index contributed by atoms with van der Waals surface area (Å²) in [4.78, 5) is 26.6. The van der Waals surface area contributed by atoms with E-state index >= 15 is 0 Å². The van der Waals surface area contributed by atoms with E-state index in [0.29, 0.717) is 12.3 Å². The zero-order valence-electron chi connectivity index (χ0n) is 13.5. The Labute approximate surface area is 136 Å². The lowest BCUT2D eigenvalue weighted by atomic mass is 9.84. The average Bonchev–Trinajstić information content (AvgIpc) is 3.21. The molecule has 1 N–H and O–H groups in total. The van der Waals surface area contributed by atoms with Crippen molar-refractivity contribution in [2.75, 3.05) is 5.75 Å². The van der Waals surface area contributed by atoms with E-state index in [1.165, 1.54) is 25.7 Å². The van der Waals surface area contributed by atoms with Crippen molar-refractivity contribution in [2.24, 2.45) is 17.8 Å². The quantitative estimate of drug-likeness (QED) is 0.868. The van der Waals surface area contributed by atoms with Gasteiger partial charge in [-0.05, 0) is 57.3 Å². The third kappa shape index (κ3) is 2.19. The van der Waals surface area contributed by atoms with Crippen LogP contribution in [-0.2, 0) is 9.59 Å². The van der Waals surface area contributed by atoms with Crippen molar-refractivity contribution in [3.8, 4) is 0 Å². The zero-order valence-corrected chi connectivity index (χ0v) is 14.3. The molecule has 2 saturated heterocycles. The van der Waals surface area contributed by atoms with Crippen LogP contribution in [0.25, 0.3) is 0 Å². The number of nitrogens with one attached hydrogen (secondary N) is 1. The van der Waals surface area contributed by atoms with Crippen molar-refractivity contribution >= 4 is 23.6 Å². The van der Waals surface area contributed by atoms with Crippen molar-refractivity contribution in [2.45, 2.75) is 69.3 Å². The number of carbonyl (C=O) groups is 2. The number of carbonyl (C=O) groups excluding carboxylic acids is 2. The Morgan fingerprint density at radius 3 is 2.91 bits per heavy atom. The summed E-state index contributed by atoms with van der Waals surface area (Å²) in [5.41, 5.74) is 0. The Kier molecular flexibility index (Phi) is 3.48. The summed E-state index contributed by atoms with van der Waals surface area (Å²) in [6.45, 7) is 4.27. The second-order valence-corrected chi connectivity index (χ2v) is 9.40. The first-order valence-electron chi connectivity index (χ1n) is 8.74. The molecule has 4 rings (SSSR count). The zero-order chi connectivity index (χ0) is 15.5. The monoisotopic (exact) mass is 322 g/mol. The van der Waals surface area contributed by atoms with Crippen LogP contribution in [0.5, 0.6) is 0 Å². The molecule has 22 heavy (non-hydrogen) atoms. The van der Waals surface area contributed by atoms with Crippen LogP contribution in [-0.4, -0.2) is 39.4 Å². The van der Waals surface area contributed by atoms with E-state index in [4.69, 9.17) is 0 Å². The summed E-state index contributed by atoms with van der Waals surface area (Å²) in [5, 5.41) is 3.25. The number of hydrogen-bond donors (Lipinski definition) is 1. The van der Waals surface area contributed by atoms with Crippen molar-refractivity contribution in [3.63, 3.8) is 0 Å². The van der Waals surface area contributed by atoms with Gasteiger partial charge >= 0.3 is 0 Å². The van der Waals surface area contributed by atoms with E-state index in [1.807, 2.05) is 4.90 Å². The van der Waals surface area contributed by atoms with Gasteiger partial charge in [0.25, 0.3) is 0 Å². The van der Waals surface area contributed by atoms with Gasteiger partial charge in [-0.1, -0.05) is 6.42 Å². The van der Waals surface area contributed by atoms with Gasteiger partial charge in [-0.15, -0.1) is 11.8 Å². The van der Waals surface area contributed by atoms with E-state index in [0.717, 1.165) is 24.0 Å². The molecule has 2 bridgehead atoms.